The molecule has 6 nitrogen and oxygen atoms in total. The highest BCUT2D eigenvalue weighted by atomic mass is 19.1. The Morgan fingerprint density at radius 1 is 1.28 bits per heavy atom. The minimum Gasteiger partial charge on any atom is -0.324 e. The van der Waals surface area contributed by atoms with Crippen molar-refractivity contribution >= 4 is 23.5 Å². The van der Waals surface area contributed by atoms with Gasteiger partial charge in [0.1, 0.15) is 17.9 Å². The van der Waals surface area contributed by atoms with Crippen molar-refractivity contribution in [2.45, 2.75) is 51.5 Å². The Kier molecular flexibility index (Phi) is 6.12. The van der Waals surface area contributed by atoms with Crippen LogP contribution >= 0.6 is 0 Å². The van der Waals surface area contributed by atoms with Crippen LogP contribution in [0, 0.1) is 5.82 Å². The summed E-state index contributed by atoms with van der Waals surface area (Å²) in [4.78, 5) is 37.6. The first-order chi connectivity index (χ1) is 11.9. The lowest BCUT2D eigenvalue weighted by molar-refractivity contribution is -0.133. The number of carbonyl (C=O) groups is 3. The summed E-state index contributed by atoms with van der Waals surface area (Å²) in [5.74, 6) is -1.43. The van der Waals surface area contributed by atoms with Crippen molar-refractivity contribution in [1.82, 2.24) is 10.2 Å². The number of amides is 4. The maximum Gasteiger partial charge on any atom is 0.325 e. The Labute approximate surface area is 146 Å². The zero-order valence-corrected chi connectivity index (χ0v) is 14.6. The summed E-state index contributed by atoms with van der Waals surface area (Å²) >= 11 is 0. The van der Waals surface area contributed by atoms with Gasteiger partial charge in [-0.05, 0) is 31.5 Å². The number of nitrogens with zero attached hydrogens (tertiary/aromatic N) is 1. The van der Waals surface area contributed by atoms with Gasteiger partial charge in [-0.25, -0.2) is 9.18 Å². The van der Waals surface area contributed by atoms with Crippen LogP contribution in [0.3, 0.4) is 0 Å². The van der Waals surface area contributed by atoms with Crippen LogP contribution in [0.1, 0.15) is 46.0 Å². The predicted octanol–water partition coefficient (Wildman–Crippen LogP) is 3.05. The normalized spacial score (nSPS) is 19.9. The minimum atomic E-state index is -0.968. The topological polar surface area (TPSA) is 78.5 Å². The first-order valence-corrected chi connectivity index (χ1v) is 8.55. The molecular weight excluding hydrogens is 325 g/mol. The lowest BCUT2D eigenvalue weighted by Crippen LogP contribution is -2.44. The first kappa shape index (κ1) is 18.9. The number of hydrogen-bond donors (Lipinski definition) is 2. The molecule has 25 heavy (non-hydrogen) atoms. The summed E-state index contributed by atoms with van der Waals surface area (Å²) in [7, 11) is 0. The van der Waals surface area contributed by atoms with E-state index in [0.29, 0.717) is 6.42 Å². The molecule has 1 aliphatic heterocycles. The molecule has 0 bridgehead atoms. The fraction of sp³-hybridized carbons (Fsp3) is 0.500. The average Bonchev–Trinajstić information content (AvgIpc) is 2.75. The highest BCUT2D eigenvalue weighted by Crippen LogP contribution is 2.24. The number of imide groups is 1. The second kappa shape index (κ2) is 8.09. The summed E-state index contributed by atoms with van der Waals surface area (Å²) in [5.41, 5.74) is -0.691. The van der Waals surface area contributed by atoms with Gasteiger partial charge in [0.05, 0.1) is 0 Å². The molecule has 2 N–H and O–H groups in total. The van der Waals surface area contributed by atoms with Gasteiger partial charge < -0.3 is 10.6 Å². The molecule has 7 heteroatoms. The van der Waals surface area contributed by atoms with E-state index < -0.39 is 35.7 Å². The van der Waals surface area contributed by atoms with Gasteiger partial charge in [0, 0.05) is 5.69 Å². The molecule has 2 rings (SSSR count). The van der Waals surface area contributed by atoms with Crippen LogP contribution < -0.4 is 10.6 Å². The smallest absolute Gasteiger partial charge is 0.324 e. The van der Waals surface area contributed by atoms with Gasteiger partial charge in [0.25, 0.3) is 5.91 Å². The second-order valence-electron chi connectivity index (χ2n) is 6.52. The van der Waals surface area contributed by atoms with E-state index in [1.807, 2.05) is 0 Å². The number of unbranched alkanes of at least 4 members (excludes halogenated alkanes) is 3. The van der Waals surface area contributed by atoms with E-state index in [-0.39, 0.29) is 5.69 Å². The average molecular weight is 349 g/mol. The second-order valence-corrected chi connectivity index (χ2v) is 6.52. The van der Waals surface area contributed by atoms with Gasteiger partial charge in [-0.2, -0.15) is 0 Å². The van der Waals surface area contributed by atoms with Crippen LogP contribution in [-0.2, 0) is 9.59 Å². The number of benzene rings is 1. The Hall–Kier alpha value is -2.44. The van der Waals surface area contributed by atoms with Crippen molar-refractivity contribution in [1.29, 1.82) is 0 Å². The summed E-state index contributed by atoms with van der Waals surface area (Å²) in [5, 5.41) is 5.17. The number of hydrogen-bond acceptors (Lipinski definition) is 3. The van der Waals surface area contributed by atoms with Crippen molar-refractivity contribution in [2.75, 3.05) is 11.9 Å². The van der Waals surface area contributed by atoms with Crippen molar-refractivity contribution in [3.05, 3.63) is 30.1 Å². The number of urea groups is 1. The van der Waals surface area contributed by atoms with E-state index in [0.717, 1.165) is 30.6 Å². The Bertz CT molecular complexity index is 665. The van der Waals surface area contributed by atoms with E-state index in [1.165, 1.54) is 24.3 Å². The zero-order chi connectivity index (χ0) is 18.4. The molecule has 0 aliphatic carbocycles. The molecule has 0 aromatic heterocycles. The number of carbonyl (C=O) groups excluding carboxylic acids is 3. The van der Waals surface area contributed by atoms with Gasteiger partial charge in [-0.1, -0.05) is 38.7 Å². The molecule has 0 saturated carbocycles. The number of halogens is 1. The maximum absolute atomic E-state index is 13.1. The molecular formula is C18H24FN3O3. The Morgan fingerprint density at radius 2 is 2.04 bits per heavy atom. The Morgan fingerprint density at radius 3 is 2.72 bits per heavy atom. The number of nitrogens with one attached hydrogen (secondary N) is 2. The van der Waals surface area contributed by atoms with E-state index >= 15 is 0 Å². The molecule has 1 fully saturated rings. The van der Waals surface area contributed by atoms with Crippen LogP contribution in [0.5, 0.6) is 0 Å². The van der Waals surface area contributed by atoms with Gasteiger partial charge in [0.15, 0.2) is 0 Å². The van der Waals surface area contributed by atoms with Crippen LogP contribution in [0.25, 0.3) is 0 Å². The van der Waals surface area contributed by atoms with Crippen LogP contribution in [0.2, 0.25) is 0 Å². The molecule has 136 valence electrons. The van der Waals surface area contributed by atoms with Crippen LogP contribution in [0.15, 0.2) is 24.3 Å². The molecule has 1 aliphatic rings. The predicted molar refractivity (Wildman–Crippen MR) is 92.4 cm³/mol. The van der Waals surface area contributed by atoms with Crippen molar-refractivity contribution in [3.8, 4) is 0 Å². The molecule has 1 atom stereocenters. The Balaban J connectivity index is 1.94. The fourth-order valence-electron chi connectivity index (χ4n) is 2.88. The number of rotatable bonds is 8. The first-order valence-electron chi connectivity index (χ1n) is 8.55. The molecule has 1 heterocycles. The maximum atomic E-state index is 13.1. The van der Waals surface area contributed by atoms with Gasteiger partial charge in [-0.3, -0.25) is 14.5 Å². The van der Waals surface area contributed by atoms with Crippen molar-refractivity contribution < 1.29 is 18.8 Å². The largest absolute Gasteiger partial charge is 0.325 e. The summed E-state index contributed by atoms with van der Waals surface area (Å²) in [6.45, 7) is 3.39. The third kappa shape index (κ3) is 4.78. The molecule has 0 spiro atoms. The highest BCUT2D eigenvalue weighted by molar-refractivity contribution is 6.09. The fourth-order valence-corrected chi connectivity index (χ4v) is 2.88. The van der Waals surface area contributed by atoms with E-state index in [4.69, 9.17) is 0 Å². The summed E-state index contributed by atoms with van der Waals surface area (Å²) < 4.78 is 13.1. The SMILES string of the molecule is CCCCCCC1(C)NC(=O)N(CC(=O)Nc2cccc(F)c2)C1=O. The summed E-state index contributed by atoms with van der Waals surface area (Å²) in [6, 6.07) is 4.85. The molecule has 1 unspecified atom stereocenters. The van der Waals surface area contributed by atoms with E-state index in [9.17, 15) is 18.8 Å². The monoisotopic (exact) mass is 349 g/mol. The third-order valence-electron chi connectivity index (χ3n) is 4.29. The lowest BCUT2D eigenvalue weighted by atomic mass is 9.94. The van der Waals surface area contributed by atoms with Crippen molar-refractivity contribution in [3.63, 3.8) is 0 Å². The highest BCUT2D eigenvalue weighted by Gasteiger charge is 2.47. The van der Waals surface area contributed by atoms with Gasteiger partial charge >= 0.3 is 6.03 Å². The van der Waals surface area contributed by atoms with Gasteiger partial charge in [0.2, 0.25) is 5.91 Å². The zero-order valence-electron chi connectivity index (χ0n) is 14.6. The number of anilines is 1. The molecule has 1 aromatic rings. The van der Waals surface area contributed by atoms with Crippen molar-refractivity contribution in [2.24, 2.45) is 0 Å². The quantitative estimate of drug-likeness (QED) is 0.559. The van der Waals surface area contributed by atoms with Gasteiger partial charge in [-0.15, -0.1) is 0 Å². The third-order valence-corrected chi connectivity index (χ3v) is 4.29. The summed E-state index contributed by atoms with van der Waals surface area (Å²) in [6.07, 6.45) is 4.54. The molecule has 0 radical (unpaired) electrons. The lowest BCUT2D eigenvalue weighted by Gasteiger charge is -2.21. The molecule has 1 aromatic carbocycles. The van der Waals surface area contributed by atoms with E-state index in [1.54, 1.807) is 6.92 Å². The molecule has 1 saturated heterocycles. The minimum absolute atomic E-state index is 0.277. The standard InChI is InChI=1S/C18H24FN3O3/c1-3-4-5-6-10-18(2)16(24)22(17(25)21-18)12-15(23)20-14-9-7-8-13(19)11-14/h7-9,11H,3-6,10,12H2,1-2H3,(H,20,23)(H,21,25). The molecule has 4 amide bonds. The van der Waals surface area contributed by atoms with E-state index in [2.05, 4.69) is 17.6 Å². The van der Waals surface area contributed by atoms with Crippen LogP contribution in [-0.4, -0.2) is 34.8 Å². The van der Waals surface area contributed by atoms with Crippen LogP contribution in [0.4, 0.5) is 14.9 Å².